The van der Waals surface area contributed by atoms with E-state index >= 15 is 0 Å². The maximum Gasteiger partial charge on any atom is 0.303 e. The zero-order valence-corrected chi connectivity index (χ0v) is 19.9. The molecule has 5 atom stereocenters. The monoisotopic (exact) mass is 450 g/mol. The fourth-order valence-electron chi connectivity index (χ4n) is 4.65. The summed E-state index contributed by atoms with van der Waals surface area (Å²) in [5.41, 5.74) is 1.86. The van der Waals surface area contributed by atoms with Crippen molar-refractivity contribution in [3.63, 3.8) is 0 Å². The van der Waals surface area contributed by atoms with Crippen LogP contribution >= 0.6 is 11.6 Å². The molecule has 0 aliphatic heterocycles. The van der Waals surface area contributed by atoms with E-state index in [9.17, 15) is 15.0 Å². The second-order valence-electron chi connectivity index (χ2n) is 9.50. The van der Waals surface area contributed by atoms with Crippen LogP contribution < -0.4 is 0 Å². The van der Waals surface area contributed by atoms with Crippen molar-refractivity contribution in [2.75, 3.05) is 0 Å². The topological polar surface area (TPSA) is 77.8 Å². The first kappa shape index (κ1) is 25.9. The molecule has 1 saturated carbocycles. The van der Waals surface area contributed by atoms with Crippen LogP contribution in [0.2, 0.25) is 0 Å². The number of carbonyl (C=O) groups is 1. The first-order valence-electron chi connectivity index (χ1n) is 11.7. The van der Waals surface area contributed by atoms with Crippen molar-refractivity contribution in [1.82, 2.24) is 0 Å². The quantitative estimate of drug-likeness (QED) is 0.214. The Labute approximate surface area is 192 Å². The summed E-state index contributed by atoms with van der Waals surface area (Å²) in [6.07, 6.45) is 9.02. The third kappa shape index (κ3) is 7.06. The van der Waals surface area contributed by atoms with E-state index in [-0.39, 0.29) is 35.2 Å². The van der Waals surface area contributed by atoms with Crippen LogP contribution in [-0.2, 0) is 10.2 Å². The van der Waals surface area contributed by atoms with Gasteiger partial charge in [0.2, 0.25) is 0 Å². The zero-order valence-electron chi connectivity index (χ0n) is 19.1. The molecule has 2 unspecified atom stereocenters. The summed E-state index contributed by atoms with van der Waals surface area (Å²) >= 11 is 6.59. The van der Waals surface area contributed by atoms with Crippen LogP contribution in [0.1, 0.15) is 89.2 Å². The summed E-state index contributed by atoms with van der Waals surface area (Å²) in [5.74, 6) is -0.646. The Hall–Kier alpha value is -1.36. The molecule has 0 radical (unpaired) electrons. The second-order valence-corrected chi connectivity index (χ2v) is 10.1. The fourth-order valence-corrected chi connectivity index (χ4v) is 5.10. The van der Waals surface area contributed by atoms with Gasteiger partial charge in [-0.25, -0.2) is 0 Å². The standard InChI is InChI=1S/C26H39ClO4/c1-4-5-11-23(29)26(2,3)19-15-13-18(14-16-19)25-20(21(27)17-22(25)28)10-8-6-7-9-12-24(30)31/h6,8,13-16,20-23,25,28-29H,4-5,7,9-12,17H2,1-3H3,(H,30,31)/t20-,21+,22?,23?,25+/m0/s1. The van der Waals surface area contributed by atoms with Crippen LogP contribution in [0.15, 0.2) is 36.4 Å². The minimum atomic E-state index is -0.766. The molecule has 0 spiro atoms. The van der Waals surface area contributed by atoms with Crippen LogP contribution in [0, 0.1) is 5.92 Å². The van der Waals surface area contributed by atoms with Crippen LogP contribution in [0.25, 0.3) is 0 Å². The first-order valence-corrected chi connectivity index (χ1v) is 12.1. The number of aliphatic hydroxyl groups excluding tert-OH is 2. The number of alkyl halides is 1. The van der Waals surface area contributed by atoms with Crippen molar-refractivity contribution in [2.24, 2.45) is 5.92 Å². The maximum atomic E-state index is 10.7. The molecule has 4 nitrogen and oxygen atoms in total. The molecular formula is C26H39ClO4. The predicted molar refractivity (Wildman–Crippen MR) is 127 cm³/mol. The van der Waals surface area contributed by atoms with Gasteiger partial charge in [0.15, 0.2) is 0 Å². The van der Waals surface area contributed by atoms with Gasteiger partial charge in [-0.3, -0.25) is 4.79 Å². The zero-order chi connectivity index (χ0) is 23.0. The number of aliphatic carboxylic acids is 1. The highest BCUT2D eigenvalue weighted by molar-refractivity contribution is 6.21. The van der Waals surface area contributed by atoms with Gasteiger partial charge in [0, 0.05) is 23.1 Å². The smallest absolute Gasteiger partial charge is 0.303 e. The lowest BCUT2D eigenvalue weighted by Crippen LogP contribution is -2.33. The SMILES string of the molecule is CCCCC(O)C(C)(C)c1ccc([C@H]2C(O)C[C@@H](Cl)[C@@H]2CC=CCCCC(=O)O)cc1. The molecule has 31 heavy (non-hydrogen) atoms. The lowest BCUT2D eigenvalue weighted by Gasteiger charge is -2.32. The summed E-state index contributed by atoms with van der Waals surface area (Å²) in [6, 6.07) is 8.32. The van der Waals surface area contributed by atoms with Gasteiger partial charge in [0.1, 0.15) is 0 Å². The predicted octanol–water partition coefficient (Wildman–Crippen LogP) is 5.79. The summed E-state index contributed by atoms with van der Waals surface area (Å²) in [6.45, 7) is 6.30. The normalized spacial score (nSPS) is 25.2. The molecule has 3 N–H and O–H groups in total. The van der Waals surface area contributed by atoms with Crippen LogP contribution in [0.4, 0.5) is 0 Å². The number of aliphatic hydroxyl groups is 2. The number of unbranched alkanes of at least 4 members (excludes halogenated alkanes) is 2. The highest BCUT2D eigenvalue weighted by atomic mass is 35.5. The second kappa shape index (κ2) is 12.0. The van der Waals surface area contributed by atoms with Gasteiger partial charge in [0.05, 0.1) is 12.2 Å². The van der Waals surface area contributed by atoms with Crippen molar-refractivity contribution < 1.29 is 20.1 Å². The lowest BCUT2D eigenvalue weighted by molar-refractivity contribution is -0.137. The minimum Gasteiger partial charge on any atom is -0.481 e. The van der Waals surface area contributed by atoms with Gasteiger partial charge in [-0.05, 0) is 49.1 Å². The summed E-state index contributed by atoms with van der Waals surface area (Å²) in [5, 5.41) is 30.0. The molecule has 2 rings (SSSR count). The Kier molecular flexibility index (Phi) is 10.1. The van der Waals surface area contributed by atoms with Crippen LogP contribution in [0.5, 0.6) is 0 Å². The van der Waals surface area contributed by atoms with Gasteiger partial charge in [-0.15, -0.1) is 11.6 Å². The number of benzene rings is 1. The Morgan fingerprint density at radius 1 is 1.23 bits per heavy atom. The third-order valence-electron chi connectivity index (χ3n) is 6.85. The van der Waals surface area contributed by atoms with Gasteiger partial charge >= 0.3 is 5.97 Å². The highest BCUT2D eigenvalue weighted by Gasteiger charge is 2.41. The lowest BCUT2D eigenvalue weighted by atomic mass is 9.76. The van der Waals surface area contributed by atoms with E-state index in [0.29, 0.717) is 12.8 Å². The Morgan fingerprint density at radius 3 is 2.52 bits per heavy atom. The number of rotatable bonds is 12. The maximum absolute atomic E-state index is 10.7. The summed E-state index contributed by atoms with van der Waals surface area (Å²) in [4.78, 5) is 10.6. The molecule has 1 aliphatic rings. The average Bonchev–Trinajstić information content (AvgIpc) is 3.01. The Balaban J connectivity index is 2.06. The molecular weight excluding hydrogens is 412 g/mol. The molecule has 174 valence electrons. The van der Waals surface area contributed by atoms with Gasteiger partial charge in [0.25, 0.3) is 0 Å². The minimum absolute atomic E-state index is 0.0200. The number of hydrogen-bond donors (Lipinski definition) is 3. The van der Waals surface area contributed by atoms with Crippen molar-refractivity contribution >= 4 is 17.6 Å². The molecule has 1 aromatic carbocycles. The third-order valence-corrected chi connectivity index (χ3v) is 7.35. The number of halogens is 1. The molecule has 0 heterocycles. The van der Waals surface area contributed by atoms with E-state index in [1.807, 2.05) is 6.08 Å². The van der Waals surface area contributed by atoms with E-state index in [4.69, 9.17) is 16.7 Å². The fraction of sp³-hybridized carbons (Fsp3) is 0.654. The Bertz CT molecular complexity index is 713. The Morgan fingerprint density at radius 2 is 1.90 bits per heavy atom. The molecule has 1 aliphatic carbocycles. The summed E-state index contributed by atoms with van der Waals surface area (Å²) in [7, 11) is 0. The average molecular weight is 451 g/mol. The van der Waals surface area contributed by atoms with Gasteiger partial charge in [-0.1, -0.05) is 70.0 Å². The van der Waals surface area contributed by atoms with Crippen LogP contribution in [-0.4, -0.2) is 38.9 Å². The first-order chi connectivity index (χ1) is 14.7. The molecule has 0 saturated heterocycles. The van der Waals surface area contributed by atoms with E-state index in [1.165, 1.54) is 0 Å². The van der Waals surface area contributed by atoms with Crippen LogP contribution in [0.3, 0.4) is 0 Å². The van der Waals surface area contributed by atoms with E-state index in [2.05, 4.69) is 51.1 Å². The number of carboxylic acids is 1. The summed E-state index contributed by atoms with van der Waals surface area (Å²) < 4.78 is 0. The largest absolute Gasteiger partial charge is 0.481 e. The van der Waals surface area contributed by atoms with Gasteiger partial charge < -0.3 is 15.3 Å². The molecule has 1 aromatic rings. The van der Waals surface area contributed by atoms with Crippen molar-refractivity contribution in [3.05, 3.63) is 47.5 Å². The molecule has 1 fully saturated rings. The van der Waals surface area contributed by atoms with E-state index < -0.39 is 12.1 Å². The van der Waals surface area contributed by atoms with E-state index in [1.54, 1.807) is 0 Å². The van der Waals surface area contributed by atoms with Crippen molar-refractivity contribution in [3.8, 4) is 0 Å². The number of carboxylic acid groups (broad SMARTS) is 1. The highest BCUT2D eigenvalue weighted by Crippen LogP contribution is 2.45. The van der Waals surface area contributed by atoms with E-state index in [0.717, 1.165) is 43.2 Å². The van der Waals surface area contributed by atoms with Crippen molar-refractivity contribution in [2.45, 2.75) is 101 Å². The number of hydrogen-bond acceptors (Lipinski definition) is 3. The van der Waals surface area contributed by atoms with Crippen molar-refractivity contribution in [1.29, 1.82) is 0 Å². The number of allylic oxidation sites excluding steroid dienone is 2. The molecule has 0 aromatic heterocycles. The molecule has 5 heteroatoms. The van der Waals surface area contributed by atoms with Gasteiger partial charge in [-0.2, -0.15) is 0 Å². The molecule has 0 amide bonds. The molecule has 0 bridgehead atoms.